The van der Waals surface area contributed by atoms with Crippen LogP contribution in [0.5, 0.6) is 0 Å². The molecule has 1 heterocycles. The minimum atomic E-state index is -1.02. The predicted octanol–water partition coefficient (Wildman–Crippen LogP) is 3.01. The summed E-state index contributed by atoms with van der Waals surface area (Å²) in [5, 5.41) is 15.2. The summed E-state index contributed by atoms with van der Waals surface area (Å²) in [7, 11) is 0. The van der Waals surface area contributed by atoms with Crippen molar-refractivity contribution in [1.82, 2.24) is 5.32 Å². The van der Waals surface area contributed by atoms with Crippen molar-refractivity contribution in [2.24, 2.45) is 0 Å². The number of hydrogen-bond acceptors (Lipinski definition) is 3. The lowest BCUT2D eigenvalue weighted by Crippen LogP contribution is -2.34. The Hall–Kier alpha value is -1.40. The van der Waals surface area contributed by atoms with Crippen molar-refractivity contribution in [3.63, 3.8) is 0 Å². The van der Waals surface area contributed by atoms with Crippen LogP contribution in [0, 0.1) is 0 Å². The number of benzene rings is 1. The molecule has 0 aromatic heterocycles. The number of carbonyl (C=O) groups is 2. The highest BCUT2D eigenvalue weighted by atomic mass is 79.9. The molecule has 1 saturated heterocycles. The van der Waals surface area contributed by atoms with E-state index in [9.17, 15) is 9.59 Å². The molecule has 0 bridgehead atoms. The Morgan fingerprint density at radius 2 is 2.19 bits per heavy atom. The lowest BCUT2D eigenvalue weighted by atomic mass is 10.0. The molecule has 0 spiro atoms. The molecule has 1 aromatic carbocycles. The average molecular weight is 355 g/mol. The average Bonchev–Trinajstić information content (AvgIpc) is 2.48. The third-order valence-corrected chi connectivity index (χ3v) is 4.30. The summed E-state index contributed by atoms with van der Waals surface area (Å²) in [6.45, 7) is 1.03. The molecule has 1 aliphatic rings. The molecule has 1 amide bonds. The summed E-state index contributed by atoms with van der Waals surface area (Å²) in [4.78, 5) is 23.0. The Bertz CT molecular complexity index is 528. The summed E-state index contributed by atoms with van der Waals surface area (Å²) in [5.74, 6) is -1.11. The van der Waals surface area contributed by atoms with Crippen LogP contribution in [-0.4, -0.2) is 29.6 Å². The van der Waals surface area contributed by atoms with E-state index in [0.29, 0.717) is 22.6 Å². The van der Waals surface area contributed by atoms with Gasteiger partial charge in [-0.05, 0) is 59.9 Å². The van der Waals surface area contributed by atoms with Crippen LogP contribution in [-0.2, 0) is 4.79 Å². The Labute approximate surface area is 132 Å². The monoisotopic (exact) mass is 354 g/mol. The van der Waals surface area contributed by atoms with Crippen LogP contribution in [0.25, 0.3) is 0 Å². The smallest absolute Gasteiger partial charge is 0.336 e. The number of hydrogen-bond donors (Lipinski definition) is 3. The Kier molecular flexibility index (Phi) is 5.76. The molecule has 21 heavy (non-hydrogen) atoms. The first kappa shape index (κ1) is 16.0. The van der Waals surface area contributed by atoms with E-state index in [1.54, 1.807) is 12.1 Å². The quantitative estimate of drug-likeness (QED) is 0.759. The van der Waals surface area contributed by atoms with E-state index in [4.69, 9.17) is 5.11 Å². The van der Waals surface area contributed by atoms with Gasteiger partial charge in [0.2, 0.25) is 5.91 Å². The van der Waals surface area contributed by atoms with Crippen molar-refractivity contribution < 1.29 is 14.7 Å². The number of carboxylic acid groups (broad SMARTS) is 1. The molecule has 1 aromatic rings. The molecule has 0 saturated carbocycles. The van der Waals surface area contributed by atoms with E-state index in [1.165, 1.54) is 18.9 Å². The highest BCUT2D eigenvalue weighted by molar-refractivity contribution is 9.10. The zero-order valence-corrected chi connectivity index (χ0v) is 13.3. The predicted molar refractivity (Wildman–Crippen MR) is 84.6 cm³/mol. The number of anilines is 1. The molecule has 0 aliphatic carbocycles. The maximum absolute atomic E-state index is 11.9. The van der Waals surface area contributed by atoms with E-state index >= 15 is 0 Å². The zero-order chi connectivity index (χ0) is 15.2. The van der Waals surface area contributed by atoms with Crippen molar-refractivity contribution >= 4 is 33.5 Å². The van der Waals surface area contributed by atoms with Crippen molar-refractivity contribution in [3.8, 4) is 0 Å². The molecule has 2 rings (SSSR count). The fourth-order valence-electron chi connectivity index (χ4n) is 2.47. The summed E-state index contributed by atoms with van der Waals surface area (Å²) >= 11 is 3.18. The van der Waals surface area contributed by atoms with Gasteiger partial charge in [0.25, 0.3) is 0 Å². The first-order chi connectivity index (χ1) is 10.1. The van der Waals surface area contributed by atoms with Crippen LogP contribution in [0.3, 0.4) is 0 Å². The van der Waals surface area contributed by atoms with Gasteiger partial charge in [-0.2, -0.15) is 0 Å². The molecule has 1 atom stereocenters. The SMILES string of the molecule is O=C(CCC1CCCCN1)Nc1ccc(Br)c(C(=O)O)c1. The number of halogens is 1. The second kappa shape index (κ2) is 7.56. The molecule has 3 N–H and O–H groups in total. The molecule has 5 nitrogen and oxygen atoms in total. The van der Waals surface area contributed by atoms with Crippen molar-refractivity contribution in [2.75, 3.05) is 11.9 Å². The van der Waals surface area contributed by atoms with Crippen LogP contribution in [0.15, 0.2) is 22.7 Å². The number of aromatic carboxylic acids is 1. The van der Waals surface area contributed by atoms with Crippen LogP contribution in [0.4, 0.5) is 5.69 Å². The van der Waals surface area contributed by atoms with Gasteiger partial charge in [-0.15, -0.1) is 0 Å². The topological polar surface area (TPSA) is 78.4 Å². The van der Waals surface area contributed by atoms with Gasteiger partial charge in [-0.1, -0.05) is 6.42 Å². The van der Waals surface area contributed by atoms with Crippen LogP contribution >= 0.6 is 15.9 Å². The molecule has 6 heteroatoms. The highest BCUT2D eigenvalue weighted by Gasteiger charge is 2.15. The van der Waals surface area contributed by atoms with Gasteiger partial charge in [0, 0.05) is 22.6 Å². The van der Waals surface area contributed by atoms with E-state index in [2.05, 4.69) is 26.6 Å². The third-order valence-electron chi connectivity index (χ3n) is 3.61. The van der Waals surface area contributed by atoms with Crippen molar-refractivity contribution in [1.29, 1.82) is 0 Å². The summed E-state index contributed by atoms with van der Waals surface area (Å²) < 4.78 is 0.499. The molecule has 1 aliphatic heterocycles. The lowest BCUT2D eigenvalue weighted by Gasteiger charge is -2.23. The minimum absolute atomic E-state index is 0.0824. The van der Waals surface area contributed by atoms with E-state index in [0.717, 1.165) is 19.4 Å². The molecule has 1 unspecified atom stereocenters. The molecular formula is C15H19BrN2O3. The third kappa shape index (κ3) is 4.82. The zero-order valence-electron chi connectivity index (χ0n) is 11.7. The Balaban J connectivity index is 1.87. The Morgan fingerprint density at radius 3 is 2.86 bits per heavy atom. The first-order valence-corrected chi connectivity index (χ1v) is 7.91. The second-order valence-electron chi connectivity index (χ2n) is 5.23. The van der Waals surface area contributed by atoms with Gasteiger partial charge in [0.05, 0.1) is 5.56 Å². The van der Waals surface area contributed by atoms with Crippen LogP contribution in [0.1, 0.15) is 42.5 Å². The maximum Gasteiger partial charge on any atom is 0.336 e. The van der Waals surface area contributed by atoms with Crippen molar-refractivity contribution in [2.45, 2.75) is 38.1 Å². The van der Waals surface area contributed by atoms with Gasteiger partial charge in [0.15, 0.2) is 0 Å². The fourth-order valence-corrected chi connectivity index (χ4v) is 2.88. The lowest BCUT2D eigenvalue weighted by molar-refractivity contribution is -0.116. The van der Waals surface area contributed by atoms with Gasteiger partial charge in [-0.25, -0.2) is 4.79 Å². The number of carboxylic acids is 1. The normalized spacial score (nSPS) is 18.2. The first-order valence-electron chi connectivity index (χ1n) is 7.12. The maximum atomic E-state index is 11.9. The standard InChI is InChI=1S/C15H19BrN2O3/c16-13-6-4-11(9-12(13)15(20)21)18-14(19)7-5-10-3-1-2-8-17-10/h4,6,9-10,17H,1-3,5,7-8H2,(H,18,19)(H,20,21). The van der Waals surface area contributed by atoms with Gasteiger partial charge in [0.1, 0.15) is 0 Å². The van der Waals surface area contributed by atoms with E-state index in [-0.39, 0.29) is 11.5 Å². The molecule has 1 fully saturated rings. The number of carbonyl (C=O) groups excluding carboxylic acids is 1. The molecule has 114 valence electrons. The summed E-state index contributed by atoms with van der Waals surface area (Å²) in [6.07, 6.45) is 4.80. The second-order valence-corrected chi connectivity index (χ2v) is 6.09. The number of piperidine rings is 1. The van der Waals surface area contributed by atoms with E-state index < -0.39 is 5.97 Å². The fraction of sp³-hybridized carbons (Fsp3) is 0.467. The van der Waals surface area contributed by atoms with Gasteiger partial charge >= 0.3 is 5.97 Å². The van der Waals surface area contributed by atoms with Crippen LogP contribution < -0.4 is 10.6 Å². The van der Waals surface area contributed by atoms with Crippen LogP contribution in [0.2, 0.25) is 0 Å². The Morgan fingerprint density at radius 1 is 1.38 bits per heavy atom. The highest BCUT2D eigenvalue weighted by Crippen LogP contribution is 2.21. The summed E-state index contributed by atoms with van der Waals surface area (Å²) in [5.41, 5.74) is 0.652. The molecular weight excluding hydrogens is 336 g/mol. The van der Waals surface area contributed by atoms with E-state index in [1.807, 2.05) is 0 Å². The minimum Gasteiger partial charge on any atom is -0.478 e. The van der Waals surface area contributed by atoms with Gasteiger partial charge < -0.3 is 15.7 Å². The summed E-state index contributed by atoms with van der Waals surface area (Å²) in [6, 6.07) is 5.20. The largest absolute Gasteiger partial charge is 0.478 e. The number of nitrogens with one attached hydrogen (secondary N) is 2. The number of amides is 1. The van der Waals surface area contributed by atoms with Gasteiger partial charge in [-0.3, -0.25) is 4.79 Å². The van der Waals surface area contributed by atoms with Crippen molar-refractivity contribution in [3.05, 3.63) is 28.2 Å². The molecule has 0 radical (unpaired) electrons. The number of rotatable bonds is 5.